The summed E-state index contributed by atoms with van der Waals surface area (Å²) in [6.07, 6.45) is 0. The molecule has 2 aromatic carbocycles. The van der Waals surface area contributed by atoms with Crippen LogP contribution in [-0.4, -0.2) is 0 Å². The highest BCUT2D eigenvalue weighted by atomic mass is 19.2. The Hall–Kier alpha value is -1.51. The van der Waals surface area contributed by atoms with Gasteiger partial charge in [-0.15, -0.1) is 0 Å². The molecule has 0 unspecified atom stereocenters. The van der Waals surface area contributed by atoms with Gasteiger partial charge >= 0.3 is 0 Å². The molecule has 0 fully saturated rings. The smallest absolute Gasteiger partial charge is 0.169 e. The van der Waals surface area contributed by atoms with Gasteiger partial charge < -0.3 is 0 Å². The molecular formula is C11H7F3. The lowest BCUT2D eigenvalue weighted by molar-refractivity contribution is 0.511. The summed E-state index contributed by atoms with van der Waals surface area (Å²) in [5, 5.41) is 0.0944. The molecule has 0 atom stereocenters. The van der Waals surface area contributed by atoms with Gasteiger partial charge in [-0.1, -0.05) is 18.2 Å². The number of benzene rings is 2. The quantitative estimate of drug-likeness (QED) is 0.604. The average Bonchev–Trinajstić information content (AvgIpc) is 2.17. The number of fused-ring (bicyclic) bond motifs is 1. The second-order valence-corrected chi connectivity index (χ2v) is 3.16. The fourth-order valence-corrected chi connectivity index (χ4v) is 1.41. The second kappa shape index (κ2) is 3.01. The molecule has 2 rings (SSSR count). The third kappa shape index (κ3) is 1.16. The van der Waals surface area contributed by atoms with Gasteiger partial charge in [0, 0.05) is 0 Å². The minimum Gasteiger partial charge on any atom is -0.206 e. The Bertz CT molecular complexity index is 461. The summed E-state index contributed by atoms with van der Waals surface area (Å²) in [5.74, 6) is -2.84. The van der Waals surface area contributed by atoms with E-state index in [2.05, 4.69) is 0 Å². The van der Waals surface area contributed by atoms with Crippen LogP contribution < -0.4 is 0 Å². The van der Waals surface area contributed by atoms with Crippen molar-refractivity contribution < 1.29 is 13.2 Å². The first-order chi connectivity index (χ1) is 6.61. The third-order valence-corrected chi connectivity index (χ3v) is 2.21. The molecule has 0 saturated carbocycles. The molecule has 0 radical (unpaired) electrons. The highest BCUT2D eigenvalue weighted by Gasteiger charge is 2.12. The van der Waals surface area contributed by atoms with Crippen molar-refractivity contribution in [3.05, 3.63) is 47.3 Å². The number of hydrogen-bond donors (Lipinski definition) is 0. The van der Waals surface area contributed by atoms with Gasteiger partial charge in [0.15, 0.2) is 11.6 Å². The van der Waals surface area contributed by atoms with Crippen molar-refractivity contribution in [2.75, 3.05) is 0 Å². The van der Waals surface area contributed by atoms with Crippen molar-refractivity contribution in [3.8, 4) is 0 Å². The van der Waals surface area contributed by atoms with Crippen molar-refractivity contribution in [1.29, 1.82) is 0 Å². The molecular weight excluding hydrogens is 189 g/mol. The first-order valence-corrected chi connectivity index (χ1v) is 4.14. The van der Waals surface area contributed by atoms with E-state index in [4.69, 9.17) is 0 Å². The minimum atomic E-state index is -1.12. The fraction of sp³-hybridized carbons (Fsp3) is 0.0909. The van der Waals surface area contributed by atoms with Crippen LogP contribution in [0.2, 0.25) is 0 Å². The van der Waals surface area contributed by atoms with Gasteiger partial charge in [-0.3, -0.25) is 0 Å². The van der Waals surface area contributed by atoms with Gasteiger partial charge in [-0.25, -0.2) is 13.2 Å². The van der Waals surface area contributed by atoms with Crippen LogP contribution in [0.15, 0.2) is 24.3 Å². The molecule has 14 heavy (non-hydrogen) atoms. The highest BCUT2D eigenvalue weighted by Crippen LogP contribution is 2.25. The molecule has 0 saturated heterocycles. The zero-order chi connectivity index (χ0) is 10.3. The zero-order valence-corrected chi connectivity index (χ0v) is 7.44. The topological polar surface area (TPSA) is 0 Å². The van der Waals surface area contributed by atoms with E-state index in [0.717, 1.165) is 6.07 Å². The zero-order valence-electron chi connectivity index (χ0n) is 7.44. The molecule has 0 nitrogen and oxygen atoms in total. The standard InChI is InChI=1S/C11H7F3/c1-6-2-3-7-4-5-8(12)11(14)9(7)10(6)13/h2-5H,1H3. The highest BCUT2D eigenvalue weighted by molar-refractivity contribution is 5.84. The molecule has 2 aromatic rings. The molecule has 0 aliphatic rings. The third-order valence-electron chi connectivity index (χ3n) is 2.21. The predicted octanol–water partition coefficient (Wildman–Crippen LogP) is 3.57. The summed E-state index contributed by atoms with van der Waals surface area (Å²) in [6, 6.07) is 5.45. The normalized spacial score (nSPS) is 10.9. The van der Waals surface area contributed by atoms with Crippen LogP contribution in [0.5, 0.6) is 0 Å². The van der Waals surface area contributed by atoms with Gasteiger partial charge in [-0.2, -0.15) is 0 Å². The number of aryl methyl sites for hydroxylation is 1. The summed E-state index contributed by atoms with van der Waals surface area (Å²) in [7, 11) is 0. The Morgan fingerprint density at radius 2 is 1.50 bits per heavy atom. The van der Waals surface area contributed by atoms with Gasteiger partial charge in [0.05, 0.1) is 5.39 Å². The Morgan fingerprint density at radius 1 is 0.857 bits per heavy atom. The molecule has 0 N–H and O–H groups in total. The molecule has 0 aliphatic heterocycles. The molecule has 0 bridgehead atoms. The fourth-order valence-electron chi connectivity index (χ4n) is 1.41. The van der Waals surface area contributed by atoms with Crippen molar-refractivity contribution in [2.24, 2.45) is 0 Å². The van der Waals surface area contributed by atoms with Crippen LogP contribution >= 0.6 is 0 Å². The van der Waals surface area contributed by atoms with E-state index < -0.39 is 17.5 Å². The molecule has 0 heterocycles. The molecule has 3 heteroatoms. The van der Waals surface area contributed by atoms with Crippen molar-refractivity contribution in [2.45, 2.75) is 6.92 Å². The summed E-state index contributed by atoms with van der Waals surface area (Å²) < 4.78 is 39.5. The first kappa shape index (κ1) is 9.06. The summed E-state index contributed by atoms with van der Waals surface area (Å²) in [4.78, 5) is 0. The number of hydrogen-bond acceptors (Lipinski definition) is 0. The Labute approximate surface area is 79.0 Å². The van der Waals surface area contributed by atoms with Crippen LogP contribution in [0.25, 0.3) is 10.8 Å². The maximum atomic E-state index is 13.4. The van der Waals surface area contributed by atoms with Gasteiger partial charge in [0.1, 0.15) is 5.82 Å². The largest absolute Gasteiger partial charge is 0.206 e. The van der Waals surface area contributed by atoms with Crippen LogP contribution in [0.3, 0.4) is 0 Å². The summed E-state index contributed by atoms with van der Waals surface area (Å²) in [6.45, 7) is 1.51. The first-order valence-electron chi connectivity index (χ1n) is 4.14. The molecule has 0 spiro atoms. The Kier molecular flexibility index (Phi) is 1.95. The van der Waals surface area contributed by atoms with Crippen molar-refractivity contribution >= 4 is 10.8 Å². The van der Waals surface area contributed by atoms with Crippen LogP contribution in [0.1, 0.15) is 5.56 Å². The average molecular weight is 196 g/mol. The lowest BCUT2D eigenvalue weighted by Gasteiger charge is -2.04. The monoisotopic (exact) mass is 196 g/mol. The molecule has 0 aliphatic carbocycles. The summed E-state index contributed by atoms with van der Waals surface area (Å²) >= 11 is 0. The van der Waals surface area contributed by atoms with Crippen molar-refractivity contribution in [1.82, 2.24) is 0 Å². The lowest BCUT2D eigenvalue weighted by atomic mass is 10.1. The van der Waals surface area contributed by atoms with E-state index in [9.17, 15) is 13.2 Å². The van der Waals surface area contributed by atoms with E-state index in [1.54, 1.807) is 6.07 Å². The SMILES string of the molecule is Cc1ccc2ccc(F)c(F)c2c1F. The van der Waals surface area contributed by atoms with Gasteiger partial charge in [0.2, 0.25) is 0 Å². The maximum Gasteiger partial charge on any atom is 0.169 e. The lowest BCUT2D eigenvalue weighted by Crippen LogP contribution is -1.92. The Morgan fingerprint density at radius 3 is 2.21 bits per heavy atom. The molecule has 0 aromatic heterocycles. The molecule has 0 amide bonds. The van der Waals surface area contributed by atoms with E-state index >= 15 is 0 Å². The van der Waals surface area contributed by atoms with Crippen LogP contribution in [-0.2, 0) is 0 Å². The van der Waals surface area contributed by atoms with E-state index in [0.29, 0.717) is 10.9 Å². The number of rotatable bonds is 0. The van der Waals surface area contributed by atoms with Crippen molar-refractivity contribution in [3.63, 3.8) is 0 Å². The van der Waals surface area contributed by atoms with Crippen LogP contribution in [0, 0.1) is 24.4 Å². The maximum absolute atomic E-state index is 13.4. The van der Waals surface area contributed by atoms with E-state index in [1.807, 2.05) is 0 Å². The van der Waals surface area contributed by atoms with Gasteiger partial charge in [0.25, 0.3) is 0 Å². The van der Waals surface area contributed by atoms with Gasteiger partial charge in [-0.05, 0) is 23.9 Å². The minimum absolute atomic E-state index is 0.273. The van der Waals surface area contributed by atoms with E-state index in [1.165, 1.54) is 19.1 Å². The number of halogens is 3. The predicted molar refractivity (Wildman–Crippen MR) is 48.6 cm³/mol. The Balaban J connectivity index is 2.98. The summed E-state index contributed by atoms with van der Waals surface area (Å²) in [5.41, 5.74) is 0.307. The molecule has 72 valence electrons. The second-order valence-electron chi connectivity index (χ2n) is 3.16. The van der Waals surface area contributed by atoms with Crippen LogP contribution in [0.4, 0.5) is 13.2 Å². The van der Waals surface area contributed by atoms with E-state index in [-0.39, 0.29) is 5.39 Å².